The summed E-state index contributed by atoms with van der Waals surface area (Å²) in [4.78, 5) is 2.64. The Morgan fingerprint density at radius 2 is 1.82 bits per heavy atom. The third kappa shape index (κ3) is 2.72. The van der Waals surface area contributed by atoms with Gasteiger partial charge in [-0.25, -0.2) is 0 Å². The highest BCUT2D eigenvalue weighted by Crippen LogP contribution is 2.46. The molecule has 0 aliphatic carbocycles. The van der Waals surface area contributed by atoms with Crippen molar-refractivity contribution in [2.75, 3.05) is 13.1 Å². The summed E-state index contributed by atoms with van der Waals surface area (Å²) in [6, 6.07) is 11.5. The molecule has 122 valence electrons. The maximum atomic E-state index is 11.1. The summed E-state index contributed by atoms with van der Waals surface area (Å²) in [6.45, 7) is 11.1. The summed E-state index contributed by atoms with van der Waals surface area (Å²) in [6.07, 6.45) is 4.25. The van der Waals surface area contributed by atoms with E-state index < -0.39 is 5.60 Å². The Bertz CT molecular complexity index is 520. The van der Waals surface area contributed by atoms with Gasteiger partial charge >= 0.3 is 0 Å². The van der Waals surface area contributed by atoms with Crippen LogP contribution in [0.2, 0.25) is 0 Å². The molecule has 2 heterocycles. The molecular weight excluding hydrogens is 270 g/mol. The highest BCUT2D eigenvalue weighted by atomic mass is 16.3. The van der Waals surface area contributed by atoms with E-state index in [1.807, 2.05) is 0 Å². The van der Waals surface area contributed by atoms with Gasteiger partial charge in [-0.3, -0.25) is 4.90 Å². The van der Waals surface area contributed by atoms with Crippen LogP contribution in [0.1, 0.15) is 58.9 Å². The zero-order valence-electron chi connectivity index (χ0n) is 14.6. The average molecular weight is 301 g/mol. The summed E-state index contributed by atoms with van der Waals surface area (Å²) >= 11 is 0. The predicted molar refractivity (Wildman–Crippen MR) is 92.0 cm³/mol. The van der Waals surface area contributed by atoms with Crippen LogP contribution in [-0.2, 0) is 5.41 Å². The van der Waals surface area contributed by atoms with Gasteiger partial charge in [0, 0.05) is 24.5 Å². The lowest BCUT2D eigenvalue weighted by Crippen LogP contribution is -2.60. The Hall–Kier alpha value is -0.860. The first-order chi connectivity index (χ1) is 10.2. The number of fused-ring (bicyclic) bond motifs is 1. The van der Waals surface area contributed by atoms with Gasteiger partial charge in [0.25, 0.3) is 0 Å². The van der Waals surface area contributed by atoms with Gasteiger partial charge in [-0.15, -0.1) is 0 Å². The van der Waals surface area contributed by atoms with E-state index in [0.29, 0.717) is 6.04 Å². The van der Waals surface area contributed by atoms with Crippen molar-refractivity contribution >= 4 is 0 Å². The second-order valence-corrected chi connectivity index (χ2v) is 8.83. The lowest BCUT2D eigenvalue weighted by atomic mass is 9.65. The number of benzene rings is 1. The number of aliphatic hydroxyl groups is 1. The lowest BCUT2D eigenvalue weighted by Gasteiger charge is -2.54. The Morgan fingerprint density at radius 3 is 2.45 bits per heavy atom. The number of hydrogen-bond donors (Lipinski definition) is 1. The normalized spacial score (nSPS) is 36.9. The fourth-order valence-corrected chi connectivity index (χ4v) is 4.39. The predicted octanol–water partition coefficient (Wildman–Crippen LogP) is 3.98. The summed E-state index contributed by atoms with van der Waals surface area (Å²) in [5.74, 6) is 0. The highest BCUT2D eigenvalue weighted by molar-refractivity contribution is 5.26. The van der Waals surface area contributed by atoms with Crippen molar-refractivity contribution in [2.45, 2.75) is 70.4 Å². The van der Waals surface area contributed by atoms with Crippen LogP contribution in [-0.4, -0.2) is 34.7 Å². The first-order valence-corrected chi connectivity index (χ1v) is 8.76. The number of piperidine rings is 2. The van der Waals surface area contributed by atoms with Gasteiger partial charge in [0.05, 0.1) is 5.60 Å². The Labute approximate surface area is 135 Å². The molecule has 3 rings (SSSR count). The first-order valence-electron chi connectivity index (χ1n) is 8.76. The summed E-state index contributed by atoms with van der Waals surface area (Å²) in [5, 5.41) is 11.1. The van der Waals surface area contributed by atoms with Crippen LogP contribution < -0.4 is 0 Å². The number of nitrogens with zero attached hydrogens (tertiary/aromatic N) is 1. The second kappa shape index (κ2) is 5.35. The molecule has 2 fully saturated rings. The molecule has 1 aromatic rings. The van der Waals surface area contributed by atoms with Crippen molar-refractivity contribution in [2.24, 2.45) is 5.41 Å². The molecule has 2 heteroatoms. The highest BCUT2D eigenvalue weighted by Gasteiger charge is 2.48. The quantitative estimate of drug-likeness (QED) is 0.848. The minimum absolute atomic E-state index is 0.0285. The van der Waals surface area contributed by atoms with E-state index in [0.717, 1.165) is 25.9 Å². The van der Waals surface area contributed by atoms with Gasteiger partial charge in [-0.1, -0.05) is 58.0 Å². The first kappa shape index (κ1) is 16.0. The zero-order chi connectivity index (χ0) is 16.0. The summed E-state index contributed by atoms with van der Waals surface area (Å²) < 4.78 is 0. The van der Waals surface area contributed by atoms with E-state index in [1.165, 1.54) is 18.4 Å². The van der Waals surface area contributed by atoms with E-state index >= 15 is 0 Å². The van der Waals surface area contributed by atoms with Crippen molar-refractivity contribution in [3.63, 3.8) is 0 Å². The van der Waals surface area contributed by atoms with E-state index in [2.05, 4.69) is 62.9 Å². The minimum atomic E-state index is -0.505. The van der Waals surface area contributed by atoms with Crippen molar-refractivity contribution in [3.05, 3.63) is 35.9 Å². The Kier molecular flexibility index (Phi) is 3.89. The van der Waals surface area contributed by atoms with Crippen LogP contribution in [0.15, 0.2) is 30.3 Å². The molecule has 2 aliphatic rings. The van der Waals surface area contributed by atoms with Crippen LogP contribution in [0.3, 0.4) is 0 Å². The molecule has 1 aromatic carbocycles. The standard InChI is InChI=1S/C20H31NO/c1-18(2,3)20(22)12-13-21-15-19(4,11-10-17(21)14-20)16-8-6-5-7-9-16/h5-9,17,22H,10-15H2,1-4H3. The molecule has 3 atom stereocenters. The van der Waals surface area contributed by atoms with E-state index in [9.17, 15) is 5.11 Å². The Morgan fingerprint density at radius 1 is 1.14 bits per heavy atom. The topological polar surface area (TPSA) is 23.5 Å². The third-order valence-corrected chi connectivity index (χ3v) is 6.35. The second-order valence-electron chi connectivity index (χ2n) is 8.83. The molecule has 22 heavy (non-hydrogen) atoms. The average Bonchev–Trinajstić information content (AvgIpc) is 2.48. The lowest BCUT2D eigenvalue weighted by molar-refractivity contribution is -0.126. The SMILES string of the molecule is CC1(c2ccccc2)CCC2CC(O)(C(C)(C)C)CCN2C1. The van der Waals surface area contributed by atoms with Crippen LogP contribution in [0.4, 0.5) is 0 Å². The number of hydrogen-bond acceptors (Lipinski definition) is 2. The molecule has 0 radical (unpaired) electrons. The summed E-state index contributed by atoms with van der Waals surface area (Å²) in [5.41, 5.74) is 1.19. The van der Waals surface area contributed by atoms with Crippen LogP contribution in [0, 0.1) is 5.41 Å². The van der Waals surface area contributed by atoms with Crippen LogP contribution >= 0.6 is 0 Å². The molecule has 3 unspecified atom stereocenters. The molecule has 1 N–H and O–H groups in total. The molecule has 2 saturated heterocycles. The van der Waals surface area contributed by atoms with Crippen molar-refractivity contribution < 1.29 is 5.11 Å². The molecule has 0 saturated carbocycles. The summed E-state index contributed by atoms with van der Waals surface area (Å²) in [7, 11) is 0. The van der Waals surface area contributed by atoms with Crippen molar-refractivity contribution in [1.29, 1.82) is 0 Å². The van der Waals surface area contributed by atoms with E-state index in [1.54, 1.807) is 0 Å². The fraction of sp³-hybridized carbons (Fsp3) is 0.700. The van der Waals surface area contributed by atoms with E-state index in [4.69, 9.17) is 0 Å². The van der Waals surface area contributed by atoms with E-state index in [-0.39, 0.29) is 10.8 Å². The van der Waals surface area contributed by atoms with Crippen molar-refractivity contribution in [3.8, 4) is 0 Å². The van der Waals surface area contributed by atoms with Crippen LogP contribution in [0.5, 0.6) is 0 Å². The van der Waals surface area contributed by atoms with Gasteiger partial charge in [0.2, 0.25) is 0 Å². The molecule has 0 aromatic heterocycles. The molecular formula is C20H31NO. The van der Waals surface area contributed by atoms with Gasteiger partial charge in [-0.2, -0.15) is 0 Å². The largest absolute Gasteiger partial charge is 0.389 e. The number of rotatable bonds is 1. The maximum Gasteiger partial charge on any atom is 0.0722 e. The third-order valence-electron chi connectivity index (χ3n) is 6.35. The molecule has 0 bridgehead atoms. The molecule has 2 nitrogen and oxygen atoms in total. The molecule has 0 spiro atoms. The minimum Gasteiger partial charge on any atom is -0.389 e. The monoisotopic (exact) mass is 301 g/mol. The zero-order valence-corrected chi connectivity index (χ0v) is 14.6. The molecule has 2 aliphatic heterocycles. The van der Waals surface area contributed by atoms with Gasteiger partial charge in [0.1, 0.15) is 0 Å². The maximum absolute atomic E-state index is 11.1. The van der Waals surface area contributed by atoms with Gasteiger partial charge in [-0.05, 0) is 36.7 Å². The molecule has 0 amide bonds. The van der Waals surface area contributed by atoms with Crippen LogP contribution in [0.25, 0.3) is 0 Å². The van der Waals surface area contributed by atoms with Gasteiger partial charge < -0.3 is 5.11 Å². The fourth-order valence-electron chi connectivity index (χ4n) is 4.39. The smallest absolute Gasteiger partial charge is 0.0722 e. The Balaban J connectivity index is 1.75. The van der Waals surface area contributed by atoms with Gasteiger partial charge in [0.15, 0.2) is 0 Å². The van der Waals surface area contributed by atoms with Crippen molar-refractivity contribution in [1.82, 2.24) is 4.90 Å².